The van der Waals surface area contributed by atoms with Gasteiger partial charge in [0.05, 0.1) is 4.92 Å². The Labute approximate surface area is 109 Å². The number of aromatic carboxylic acids is 1. The Balaban J connectivity index is 2.85. The maximum atomic E-state index is 11.3. The summed E-state index contributed by atoms with van der Waals surface area (Å²) in [6, 6.07) is 4.31. The predicted octanol–water partition coefficient (Wildman–Crippen LogP) is 3.07. The van der Waals surface area contributed by atoms with Gasteiger partial charge in [0.2, 0.25) is 0 Å². The highest BCUT2D eigenvalue weighted by Gasteiger charge is 2.27. The molecule has 2 rings (SSSR count). The largest absolute Gasteiger partial charge is 0.477 e. The Morgan fingerprint density at radius 1 is 1.37 bits per heavy atom. The number of nitro benzene ring substituents is 1. The van der Waals surface area contributed by atoms with E-state index in [9.17, 15) is 20.0 Å². The van der Waals surface area contributed by atoms with E-state index in [1.54, 1.807) is 0 Å². The number of hydrogen-bond donors (Lipinski definition) is 2. The summed E-state index contributed by atoms with van der Waals surface area (Å²) in [6.07, 6.45) is 0. The maximum absolute atomic E-state index is 11.3. The molecule has 2 N–H and O–H groups in total. The summed E-state index contributed by atoms with van der Waals surface area (Å²) in [6.45, 7) is 5.63. The van der Waals surface area contributed by atoms with E-state index in [0.29, 0.717) is 16.5 Å². The fourth-order valence-electron chi connectivity index (χ4n) is 2.23. The van der Waals surface area contributed by atoms with Crippen LogP contribution < -0.4 is 0 Å². The molecule has 0 saturated carbocycles. The molecule has 0 unspecified atom stereocenters. The molecule has 0 amide bonds. The lowest BCUT2D eigenvalue weighted by molar-refractivity contribution is -0.384. The lowest BCUT2D eigenvalue weighted by Gasteiger charge is -2.19. The number of non-ortho nitro benzene ring substituents is 1. The normalized spacial score (nSPS) is 11.7. The van der Waals surface area contributed by atoms with Gasteiger partial charge < -0.3 is 10.1 Å². The van der Waals surface area contributed by atoms with Crippen molar-refractivity contribution in [2.24, 2.45) is 0 Å². The number of hydrogen-bond acceptors (Lipinski definition) is 3. The minimum absolute atomic E-state index is 0.0473. The highest BCUT2D eigenvalue weighted by molar-refractivity contribution is 5.98. The lowest BCUT2D eigenvalue weighted by Crippen LogP contribution is -2.15. The number of carbonyl (C=O) groups is 1. The molecule has 19 heavy (non-hydrogen) atoms. The van der Waals surface area contributed by atoms with Crippen LogP contribution in [0.3, 0.4) is 0 Å². The molecular formula is C13H14N2O4. The Morgan fingerprint density at radius 3 is 2.47 bits per heavy atom. The number of rotatable bonds is 2. The Kier molecular flexibility index (Phi) is 2.81. The summed E-state index contributed by atoms with van der Waals surface area (Å²) in [5, 5.41) is 20.7. The van der Waals surface area contributed by atoms with Gasteiger partial charge in [-0.15, -0.1) is 0 Å². The third kappa shape index (κ3) is 2.16. The summed E-state index contributed by atoms with van der Waals surface area (Å²) >= 11 is 0. The van der Waals surface area contributed by atoms with E-state index in [4.69, 9.17) is 0 Å². The number of aromatic nitrogens is 1. The number of carboxylic acid groups (broad SMARTS) is 1. The van der Waals surface area contributed by atoms with E-state index in [-0.39, 0.29) is 11.4 Å². The first-order chi connectivity index (χ1) is 8.71. The SMILES string of the molecule is CC(C)(C)c1c(C(=O)O)[nH]c2ccc([N+](=O)[O-])cc12. The summed E-state index contributed by atoms with van der Waals surface area (Å²) in [7, 11) is 0. The number of nitrogens with zero attached hydrogens (tertiary/aromatic N) is 1. The fourth-order valence-corrected chi connectivity index (χ4v) is 2.23. The Bertz CT molecular complexity index is 680. The Morgan fingerprint density at radius 2 is 2.00 bits per heavy atom. The van der Waals surface area contributed by atoms with Gasteiger partial charge in [-0.25, -0.2) is 4.79 Å². The van der Waals surface area contributed by atoms with Crippen molar-refractivity contribution >= 4 is 22.6 Å². The van der Waals surface area contributed by atoms with Gasteiger partial charge in [0.1, 0.15) is 5.69 Å². The van der Waals surface area contributed by atoms with Gasteiger partial charge in [0.25, 0.3) is 5.69 Å². The summed E-state index contributed by atoms with van der Waals surface area (Å²) in [5.41, 5.74) is 0.782. The number of H-pyrrole nitrogens is 1. The zero-order valence-electron chi connectivity index (χ0n) is 10.9. The second-order valence-electron chi connectivity index (χ2n) is 5.42. The lowest BCUT2D eigenvalue weighted by atomic mass is 9.84. The van der Waals surface area contributed by atoms with Gasteiger partial charge in [-0.05, 0) is 17.0 Å². The van der Waals surface area contributed by atoms with Crippen LogP contribution >= 0.6 is 0 Å². The molecule has 0 aliphatic heterocycles. The molecule has 100 valence electrons. The van der Waals surface area contributed by atoms with E-state index in [1.807, 2.05) is 20.8 Å². The molecule has 1 aromatic carbocycles. The van der Waals surface area contributed by atoms with Crippen molar-refractivity contribution in [2.45, 2.75) is 26.2 Å². The highest BCUT2D eigenvalue weighted by Crippen LogP contribution is 2.35. The van der Waals surface area contributed by atoms with Crippen LogP contribution in [0.5, 0.6) is 0 Å². The number of nitrogens with one attached hydrogen (secondary N) is 1. The van der Waals surface area contributed by atoms with Gasteiger partial charge >= 0.3 is 5.97 Å². The second kappa shape index (κ2) is 4.08. The molecule has 0 aliphatic rings. The quantitative estimate of drug-likeness (QED) is 0.642. The summed E-state index contributed by atoms with van der Waals surface area (Å²) in [4.78, 5) is 24.4. The molecule has 0 saturated heterocycles. The van der Waals surface area contributed by atoms with Crippen LogP contribution in [0.2, 0.25) is 0 Å². The van der Waals surface area contributed by atoms with Gasteiger partial charge in [-0.2, -0.15) is 0 Å². The monoisotopic (exact) mass is 262 g/mol. The van der Waals surface area contributed by atoms with Crippen LogP contribution in [0.15, 0.2) is 18.2 Å². The van der Waals surface area contributed by atoms with Crippen molar-refractivity contribution in [3.8, 4) is 0 Å². The summed E-state index contributed by atoms with van der Waals surface area (Å²) in [5.74, 6) is -1.07. The number of benzene rings is 1. The van der Waals surface area contributed by atoms with Crippen molar-refractivity contribution < 1.29 is 14.8 Å². The first kappa shape index (κ1) is 13.1. The molecular weight excluding hydrogens is 248 g/mol. The maximum Gasteiger partial charge on any atom is 0.352 e. The van der Waals surface area contributed by atoms with Crippen LogP contribution in [-0.2, 0) is 5.41 Å². The van der Waals surface area contributed by atoms with E-state index in [2.05, 4.69) is 4.98 Å². The van der Waals surface area contributed by atoms with Crippen molar-refractivity contribution in [3.05, 3.63) is 39.6 Å². The standard InChI is InChI=1S/C13H14N2O4/c1-13(2,3)10-8-6-7(15(18)19)4-5-9(8)14-11(10)12(16)17/h4-6,14H,1-3H3,(H,16,17). The minimum atomic E-state index is -1.07. The van der Waals surface area contributed by atoms with E-state index in [1.165, 1.54) is 18.2 Å². The number of carboxylic acids is 1. The average molecular weight is 262 g/mol. The molecule has 0 bridgehead atoms. The smallest absolute Gasteiger partial charge is 0.352 e. The van der Waals surface area contributed by atoms with Gasteiger partial charge in [0.15, 0.2) is 0 Å². The van der Waals surface area contributed by atoms with Crippen LogP contribution in [-0.4, -0.2) is 21.0 Å². The van der Waals surface area contributed by atoms with E-state index in [0.717, 1.165) is 0 Å². The Hall–Kier alpha value is -2.37. The average Bonchev–Trinajstić information content (AvgIpc) is 2.66. The van der Waals surface area contributed by atoms with E-state index < -0.39 is 16.3 Å². The van der Waals surface area contributed by atoms with Crippen molar-refractivity contribution in [2.75, 3.05) is 0 Å². The highest BCUT2D eigenvalue weighted by atomic mass is 16.6. The molecule has 0 spiro atoms. The first-order valence-corrected chi connectivity index (χ1v) is 5.75. The minimum Gasteiger partial charge on any atom is -0.477 e. The van der Waals surface area contributed by atoms with E-state index >= 15 is 0 Å². The fraction of sp³-hybridized carbons (Fsp3) is 0.308. The predicted molar refractivity (Wildman–Crippen MR) is 70.6 cm³/mol. The molecule has 0 aliphatic carbocycles. The van der Waals surface area contributed by atoms with Crippen LogP contribution in [0, 0.1) is 10.1 Å². The van der Waals surface area contributed by atoms with Crippen LogP contribution in [0.4, 0.5) is 5.69 Å². The summed E-state index contributed by atoms with van der Waals surface area (Å²) < 4.78 is 0. The topological polar surface area (TPSA) is 96.2 Å². The van der Waals surface area contributed by atoms with Gasteiger partial charge in [0, 0.05) is 23.0 Å². The first-order valence-electron chi connectivity index (χ1n) is 5.75. The third-order valence-corrected chi connectivity index (χ3v) is 2.96. The number of fused-ring (bicyclic) bond motifs is 1. The van der Waals surface area contributed by atoms with Crippen LogP contribution in [0.25, 0.3) is 10.9 Å². The number of aromatic amines is 1. The molecule has 6 nitrogen and oxygen atoms in total. The second-order valence-corrected chi connectivity index (χ2v) is 5.42. The molecule has 0 fully saturated rings. The molecule has 1 heterocycles. The van der Waals surface area contributed by atoms with Crippen molar-refractivity contribution in [3.63, 3.8) is 0 Å². The zero-order valence-corrected chi connectivity index (χ0v) is 10.9. The third-order valence-electron chi connectivity index (χ3n) is 2.96. The number of nitro groups is 1. The molecule has 0 radical (unpaired) electrons. The zero-order chi connectivity index (χ0) is 14.4. The van der Waals surface area contributed by atoms with Gasteiger partial charge in [-0.1, -0.05) is 20.8 Å². The van der Waals surface area contributed by atoms with Crippen molar-refractivity contribution in [1.82, 2.24) is 4.98 Å². The molecule has 1 aromatic heterocycles. The van der Waals surface area contributed by atoms with Gasteiger partial charge in [-0.3, -0.25) is 10.1 Å². The molecule has 6 heteroatoms. The van der Waals surface area contributed by atoms with Crippen molar-refractivity contribution in [1.29, 1.82) is 0 Å². The molecule has 0 atom stereocenters. The molecule has 2 aromatic rings. The van der Waals surface area contributed by atoms with Crippen LogP contribution in [0.1, 0.15) is 36.8 Å².